The van der Waals surface area contributed by atoms with Gasteiger partial charge in [0.15, 0.2) is 5.96 Å². The lowest BCUT2D eigenvalue weighted by Crippen LogP contribution is -2.37. The van der Waals surface area contributed by atoms with Gasteiger partial charge in [0.1, 0.15) is 10.8 Å². The third-order valence-electron chi connectivity index (χ3n) is 4.00. The molecule has 0 aliphatic heterocycles. The molecule has 2 aromatic heterocycles. The standard InChI is InChI=1S/C18H24N6S/c1-13-11-21-17(25-13)12-22-18(19-3)20-9-6-10-24-14(2)23-15-7-4-5-8-16(15)24/h4-5,7-8,11H,6,9-10,12H2,1-3H3,(H2,19,20,22). The Balaban J connectivity index is 1.47. The van der Waals surface area contributed by atoms with E-state index < -0.39 is 0 Å². The van der Waals surface area contributed by atoms with Crippen molar-refractivity contribution >= 4 is 28.3 Å². The number of nitrogens with one attached hydrogen (secondary N) is 2. The maximum absolute atomic E-state index is 4.61. The van der Waals surface area contributed by atoms with E-state index in [1.807, 2.05) is 12.3 Å². The summed E-state index contributed by atoms with van der Waals surface area (Å²) < 4.78 is 2.27. The summed E-state index contributed by atoms with van der Waals surface area (Å²) in [6.45, 7) is 6.61. The number of aromatic nitrogens is 3. The van der Waals surface area contributed by atoms with Crippen LogP contribution in [0.4, 0.5) is 0 Å². The van der Waals surface area contributed by atoms with E-state index in [9.17, 15) is 0 Å². The first-order valence-electron chi connectivity index (χ1n) is 8.45. The molecule has 0 unspecified atom stereocenters. The van der Waals surface area contributed by atoms with E-state index in [1.165, 1.54) is 10.4 Å². The third-order valence-corrected chi connectivity index (χ3v) is 4.91. The number of para-hydroxylation sites is 2. The van der Waals surface area contributed by atoms with Gasteiger partial charge in [-0.1, -0.05) is 12.1 Å². The van der Waals surface area contributed by atoms with Crippen molar-refractivity contribution in [1.82, 2.24) is 25.2 Å². The van der Waals surface area contributed by atoms with Crippen LogP contribution in [0.5, 0.6) is 0 Å². The first kappa shape index (κ1) is 17.4. The Hall–Kier alpha value is -2.41. The number of hydrogen-bond donors (Lipinski definition) is 2. The number of nitrogens with zero attached hydrogens (tertiary/aromatic N) is 4. The van der Waals surface area contributed by atoms with Crippen LogP contribution in [0.25, 0.3) is 11.0 Å². The van der Waals surface area contributed by atoms with Gasteiger partial charge in [0.2, 0.25) is 0 Å². The molecule has 0 aliphatic rings. The van der Waals surface area contributed by atoms with Crippen molar-refractivity contribution in [3.8, 4) is 0 Å². The third kappa shape index (κ3) is 4.36. The van der Waals surface area contributed by atoms with Crippen LogP contribution in [-0.2, 0) is 13.1 Å². The highest BCUT2D eigenvalue weighted by molar-refractivity contribution is 7.11. The molecule has 7 heteroatoms. The minimum absolute atomic E-state index is 0.698. The summed E-state index contributed by atoms with van der Waals surface area (Å²) in [5.41, 5.74) is 2.26. The number of benzene rings is 1. The first-order chi connectivity index (χ1) is 12.2. The van der Waals surface area contributed by atoms with Crippen LogP contribution in [0, 0.1) is 13.8 Å². The summed E-state index contributed by atoms with van der Waals surface area (Å²) in [5.74, 6) is 1.86. The fourth-order valence-corrected chi connectivity index (χ4v) is 3.51. The lowest BCUT2D eigenvalue weighted by Gasteiger charge is -2.12. The van der Waals surface area contributed by atoms with Crippen LogP contribution in [-0.4, -0.2) is 34.1 Å². The van der Waals surface area contributed by atoms with Crippen LogP contribution in [0.1, 0.15) is 22.1 Å². The molecule has 3 rings (SSSR count). The van der Waals surface area contributed by atoms with Gasteiger partial charge >= 0.3 is 0 Å². The van der Waals surface area contributed by atoms with Gasteiger partial charge in [0.25, 0.3) is 0 Å². The van der Waals surface area contributed by atoms with Gasteiger partial charge in [0.05, 0.1) is 17.6 Å². The molecule has 0 aliphatic carbocycles. The number of thiazole rings is 1. The van der Waals surface area contributed by atoms with Crippen molar-refractivity contribution < 1.29 is 0 Å². The summed E-state index contributed by atoms with van der Waals surface area (Å²) in [6.07, 6.45) is 2.90. The maximum atomic E-state index is 4.61. The molecular weight excluding hydrogens is 332 g/mol. The molecule has 0 bridgehead atoms. The monoisotopic (exact) mass is 356 g/mol. The van der Waals surface area contributed by atoms with Gasteiger partial charge in [-0.3, -0.25) is 4.99 Å². The van der Waals surface area contributed by atoms with Crippen molar-refractivity contribution in [2.45, 2.75) is 33.4 Å². The lowest BCUT2D eigenvalue weighted by atomic mass is 10.3. The van der Waals surface area contributed by atoms with E-state index >= 15 is 0 Å². The quantitative estimate of drug-likeness (QED) is 0.405. The van der Waals surface area contributed by atoms with Crippen LogP contribution in [0.15, 0.2) is 35.5 Å². The summed E-state index contributed by atoms with van der Waals surface area (Å²) >= 11 is 1.70. The zero-order valence-corrected chi connectivity index (χ0v) is 15.7. The Morgan fingerprint density at radius 1 is 1.24 bits per heavy atom. The number of imidazole rings is 1. The predicted molar refractivity (Wildman–Crippen MR) is 104 cm³/mol. The Labute approximate surface area is 152 Å². The second-order valence-electron chi connectivity index (χ2n) is 5.87. The molecule has 0 saturated heterocycles. The van der Waals surface area contributed by atoms with Crippen molar-refractivity contribution in [2.24, 2.45) is 4.99 Å². The fraction of sp³-hybridized carbons (Fsp3) is 0.389. The first-order valence-corrected chi connectivity index (χ1v) is 9.26. The van der Waals surface area contributed by atoms with Gasteiger partial charge in [-0.25, -0.2) is 9.97 Å². The average molecular weight is 356 g/mol. The minimum Gasteiger partial charge on any atom is -0.356 e. The molecule has 3 aromatic rings. The van der Waals surface area contributed by atoms with E-state index in [-0.39, 0.29) is 0 Å². The number of rotatable bonds is 6. The van der Waals surface area contributed by atoms with Crippen LogP contribution < -0.4 is 10.6 Å². The number of guanidine groups is 1. The topological polar surface area (TPSA) is 67.1 Å². The Morgan fingerprint density at radius 2 is 2.08 bits per heavy atom. The summed E-state index contributed by atoms with van der Waals surface area (Å²) in [4.78, 5) is 14.5. The van der Waals surface area contributed by atoms with Crippen LogP contribution in [0.2, 0.25) is 0 Å². The zero-order valence-electron chi connectivity index (χ0n) is 14.9. The van der Waals surface area contributed by atoms with E-state index in [0.29, 0.717) is 6.54 Å². The molecule has 0 fully saturated rings. The summed E-state index contributed by atoms with van der Waals surface area (Å²) in [7, 11) is 1.79. The summed E-state index contributed by atoms with van der Waals surface area (Å²) in [6, 6.07) is 8.27. The SMILES string of the molecule is CN=C(NCCCn1c(C)nc2ccccc21)NCc1ncc(C)s1. The Kier molecular flexibility index (Phi) is 5.65. The van der Waals surface area contributed by atoms with E-state index in [0.717, 1.165) is 41.8 Å². The zero-order chi connectivity index (χ0) is 17.6. The molecule has 1 aromatic carbocycles. The van der Waals surface area contributed by atoms with Gasteiger partial charge in [-0.2, -0.15) is 0 Å². The van der Waals surface area contributed by atoms with Crippen molar-refractivity contribution in [3.63, 3.8) is 0 Å². The predicted octanol–water partition coefficient (Wildman–Crippen LogP) is 2.86. The van der Waals surface area contributed by atoms with Crippen molar-refractivity contribution in [1.29, 1.82) is 0 Å². The molecular formula is C18H24N6S. The normalized spacial score (nSPS) is 11.9. The highest BCUT2D eigenvalue weighted by atomic mass is 32.1. The summed E-state index contributed by atoms with van der Waals surface area (Å²) in [5, 5.41) is 7.73. The minimum atomic E-state index is 0.698. The molecule has 2 N–H and O–H groups in total. The molecule has 0 saturated carbocycles. The van der Waals surface area contributed by atoms with Crippen LogP contribution >= 0.6 is 11.3 Å². The average Bonchev–Trinajstić information content (AvgIpc) is 3.17. The molecule has 0 radical (unpaired) electrons. The molecule has 132 valence electrons. The Morgan fingerprint density at radius 3 is 2.84 bits per heavy atom. The highest BCUT2D eigenvalue weighted by Crippen LogP contribution is 2.15. The van der Waals surface area contributed by atoms with Gasteiger partial charge in [-0.05, 0) is 32.4 Å². The van der Waals surface area contributed by atoms with Crippen LogP contribution in [0.3, 0.4) is 0 Å². The number of aryl methyl sites for hydroxylation is 3. The van der Waals surface area contributed by atoms with Gasteiger partial charge in [-0.15, -0.1) is 11.3 Å². The second-order valence-corrected chi connectivity index (χ2v) is 7.19. The van der Waals surface area contributed by atoms with E-state index in [4.69, 9.17) is 0 Å². The number of hydrogen-bond acceptors (Lipinski definition) is 4. The smallest absolute Gasteiger partial charge is 0.191 e. The molecule has 25 heavy (non-hydrogen) atoms. The van der Waals surface area contributed by atoms with Gasteiger partial charge < -0.3 is 15.2 Å². The molecule has 2 heterocycles. The largest absolute Gasteiger partial charge is 0.356 e. The second kappa shape index (κ2) is 8.11. The van der Waals surface area contributed by atoms with E-state index in [2.05, 4.69) is 62.2 Å². The molecule has 0 atom stereocenters. The lowest BCUT2D eigenvalue weighted by molar-refractivity contribution is 0.624. The molecule has 0 spiro atoms. The Bertz CT molecular complexity index is 863. The molecule has 0 amide bonds. The van der Waals surface area contributed by atoms with Crippen molar-refractivity contribution in [2.75, 3.05) is 13.6 Å². The number of aliphatic imine (C=N–C) groups is 1. The highest BCUT2D eigenvalue weighted by Gasteiger charge is 2.06. The number of fused-ring (bicyclic) bond motifs is 1. The van der Waals surface area contributed by atoms with Crippen molar-refractivity contribution in [3.05, 3.63) is 46.2 Å². The van der Waals surface area contributed by atoms with E-state index in [1.54, 1.807) is 18.4 Å². The molecule has 6 nitrogen and oxygen atoms in total. The maximum Gasteiger partial charge on any atom is 0.191 e. The fourth-order valence-electron chi connectivity index (χ4n) is 2.79. The van der Waals surface area contributed by atoms with Gasteiger partial charge in [0, 0.05) is 31.2 Å².